The van der Waals surface area contributed by atoms with Crippen LogP contribution in [0.2, 0.25) is 0 Å². The van der Waals surface area contributed by atoms with Crippen LogP contribution in [0.25, 0.3) is 0 Å². The number of halogens is 1. The molecule has 198 valence electrons. The summed E-state index contributed by atoms with van der Waals surface area (Å²) in [7, 11) is 3.52. The van der Waals surface area contributed by atoms with Crippen molar-refractivity contribution >= 4 is 6.03 Å². The predicted octanol–water partition coefficient (Wildman–Crippen LogP) is 4.65. The largest absolute Gasteiger partial charge is 0.457 e. The molecule has 8 heteroatoms. The van der Waals surface area contributed by atoms with Gasteiger partial charge in [-0.3, -0.25) is 0 Å². The van der Waals surface area contributed by atoms with Crippen molar-refractivity contribution in [1.29, 1.82) is 0 Å². The second-order valence-electron chi connectivity index (χ2n) is 9.62. The third-order valence-corrected chi connectivity index (χ3v) is 6.80. The van der Waals surface area contributed by atoms with Gasteiger partial charge >= 0.3 is 6.03 Å². The molecule has 0 aliphatic carbocycles. The fourth-order valence-corrected chi connectivity index (χ4v) is 4.98. The van der Waals surface area contributed by atoms with Crippen LogP contribution in [0.1, 0.15) is 44.6 Å². The molecule has 1 aliphatic rings. The Hall–Kier alpha value is -2.68. The number of hydrogen-bond donors (Lipinski definition) is 3. The van der Waals surface area contributed by atoms with Crippen molar-refractivity contribution in [3.05, 3.63) is 59.9 Å². The Labute approximate surface area is 214 Å². The number of piperidine rings is 1. The summed E-state index contributed by atoms with van der Waals surface area (Å²) in [6, 6.07) is 13.2. The number of likely N-dealkylation sites (tertiary alicyclic amines) is 1. The maximum atomic E-state index is 13.8. The molecule has 3 N–H and O–H groups in total. The third kappa shape index (κ3) is 7.41. The number of aliphatic hydroxyl groups is 1. The number of unbranched alkanes of at least 4 members (excludes halogenated alkanes) is 1. The lowest BCUT2D eigenvalue weighted by molar-refractivity contribution is -0.0574. The van der Waals surface area contributed by atoms with Gasteiger partial charge < -0.3 is 30.1 Å². The highest BCUT2D eigenvalue weighted by Crippen LogP contribution is 2.44. The summed E-state index contributed by atoms with van der Waals surface area (Å²) in [5.41, 5.74) is -0.574. The first-order chi connectivity index (χ1) is 17.4. The van der Waals surface area contributed by atoms with E-state index in [1.807, 2.05) is 32.2 Å². The minimum absolute atomic E-state index is 0.00352. The van der Waals surface area contributed by atoms with E-state index in [1.165, 1.54) is 12.1 Å². The highest BCUT2D eigenvalue weighted by atomic mass is 19.1. The van der Waals surface area contributed by atoms with Gasteiger partial charge in [0.25, 0.3) is 0 Å². The van der Waals surface area contributed by atoms with Crippen LogP contribution in [0.4, 0.5) is 9.18 Å². The van der Waals surface area contributed by atoms with Crippen LogP contribution in [0.15, 0.2) is 48.5 Å². The highest BCUT2D eigenvalue weighted by Gasteiger charge is 2.43. The molecule has 0 spiro atoms. The van der Waals surface area contributed by atoms with Crippen molar-refractivity contribution in [2.75, 3.05) is 40.4 Å². The number of ether oxygens (including phenoxy) is 2. The zero-order chi connectivity index (χ0) is 26.0. The lowest BCUT2D eigenvalue weighted by Gasteiger charge is -2.43. The summed E-state index contributed by atoms with van der Waals surface area (Å²) in [5, 5.41) is 18.4. The number of carbonyl (C=O) groups is 1. The number of urea groups is 1. The smallest absolute Gasteiger partial charge is 0.317 e. The molecule has 0 bridgehead atoms. The normalized spacial score (nSPS) is 18.4. The molecular weight excluding hydrogens is 461 g/mol. The number of amides is 2. The second kappa shape index (κ2) is 13.6. The molecule has 3 rings (SSSR count). The van der Waals surface area contributed by atoms with Gasteiger partial charge in [0.2, 0.25) is 0 Å². The standard InChI is InChI=1S/C28H40FN3O4/c1-21(19-30-2)31-27(33)32-16-9-10-22(20-32)28(34,15-6-7-17-35-3)25-13-4-5-14-26(25)36-24-12-8-11-23(29)18-24/h4-5,8,11-14,18,21-22,30,34H,6-7,9-10,15-17,19-20H2,1-3H3,(H,31,33)/t21-,22+,28-/m0/s1. The van der Waals surface area contributed by atoms with Crippen LogP contribution in [-0.4, -0.2) is 62.5 Å². The lowest BCUT2D eigenvalue weighted by Crippen LogP contribution is -2.53. The maximum absolute atomic E-state index is 13.8. The van der Waals surface area contributed by atoms with Gasteiger partial charge in [0.05, 0.1) is 5.60 Å². The topological polar surface area (TPSA) is 83.1 Å². The molecular formula is C28H40FN3O4. The molecule has 0 unspecified atom stereocenters. The van der Waals surface area contributed by atoms with Gasteiger partial charge in [0.1, 0.15) is 17.3 Å². The molecule has 1 heterocycles. The number of hydrogen-bond acceptors (Lipinski definition) is 5. The molecule has 2 aromatic rings. The summed E-state index contributed by atoms with van der Waals surface area (Å²) in [5.74, 6) is 0.284. The van der Waals surface area contributed by atoms with E-state index >= 15 is 0 Å². The monoisotopic (exact) mass is 501 g/mol. The fraction of sp³-hybridized carbons (Fsp3) is 0.536. The molecule has 0 radical (unpaired) electrons. The summed E-state index contributed by atoms with van der Waals surface area (Å²) >= 11 is 0. The number of rotatable bonds is 12. The second-order valence-corrected chi connectivity index (χ2v) is 9.62. The van der Waals surface area contributed by atoms with Crippen molar-refractivity contribution in [3.63, 3.8) is 0 Å². The summed E-state index contributed by atoms with van der Waals surface area (Å²) in [4.78, 5) is 14.8. The number of nitrogens with zero attached hydrogens (tertiary/aromatic N) is 1. The fourth-order valence-electron chi connectivity index (χ4n) is 4.98. The average Bonchev–Trinajstić information content (AvgIpc) is 2.87. The van der Waals surface area contributed by atoms with Crippen LogP contribution in [0.3, 0.4) is 0 Å². The lowest BCUT2D eigenvalue weighted by atomic mass is 9.73. The van der Waals surface area contributed by atoms with Crippen molar-refractivity contribution in [2.24, 2.45) is 5.92 Å². The Morgan fingerprint density at radius 3 is 2.81 bits per heavy atom. The van der Waals surface area contributed by atoms with Crippen molar-refractivity contribution < 1.29 is 23.8 Å². The van der Waals surface area contributed by atoms with Crippen molar-refractivity contribution in [1.82, 2.24) is 15.5 Å². The zero-order valence-corrected chi connectivity index (χ0v) is 21.6. The number of carbonyl (C=O) groups excluding carboxylic acids is 1. The van der Waals surface area contributed by atoms with Gasteiger partial charge in [-0.15, -0.1) is 0 Å². The maximum Gasteiger partial charge on any atom is 0.317 e. The van der Waals surface area contributed by atoms with Crippen LogP contribution < -0.4 is 15.4 Å². The van der Waals surface area contributed by atoms with Gasteiger partial charge in [0, 0.05) is 56.9 Å². The SMILES string of the molecule is CNC[C@H](C)NC(=O)N1CCC[C@@H]([C@@](O)(CCCCOC)c2ccccc2Oc2cccc(F)c2)C1. The van der Waals surface area contributed by atoms with Crippen LogP contribution >= 0.6 is 0 Å². The molecule has 2 amide bonds. The summed E-state index contributed by atoms with van der Waals surface area (Å²) in [6.07, 6.45) is 3.64. The highest BCUT2D eigenvalue weighted by molar-refractivity contribution is 5.74. The first-order valence-corrected chi connectivity index (χ1v) is 12.8. The van der Waals surface area contributed by atoms with Crippen molar-refractivity contribution in [2.45, 2.75) is 50.7 Å². The van der Waals surface area contributed by atoms with E-state index in [4.69, 9.17) is 9.47 Å². The minimum atomic E-state index is -1.23. The zero-order valence-electron chi connectivity index (χ0n) is 21.6. The molecule has 0 saturated carbocycles. The van der Waals surface area contributed by atoms with E-state index in [2.05, 4.69) is 10.6 Å². The van der Waals surface area contributed by atoms with Gasteiger partial charge in [-0.25, -0.2) is 9.18 Å². The van der Waals surface area contributed by atoms with Crippen LogP contribution in [0, 0.1) is 11.7 Å². The van der Waals surface area contributed by atoms with E-state index in [0.29, 0.717) is 49.7 Å². The molecule has 1 saturated heterocycles. The van der Waals surface area contributed by atoms with Crippen molar-refractivity contribution in [3.8, 4) is 11.5 Å². The Morgan fingerprint density at radius 1 is 1.25 bits per heavy atom. The summed E-state index contributed by atoms with van der Waals surface area (Å²) < 4.78 is 25.1. The number of benzene rings is 2. The predicted molar refractivity (Wildman–Crippen MR) is 139 cm³/mol. The number of para-hydroxylation sites is 1. The Balaban J connectivity index is 1.88. The average molecular weight is 502 g/mol. The van der Waals surface area contributed by atoms with E-state index < -0.39 is 5.60 Å². The molecule has 2 aromatic carbocycles. The molecule has 1 fully saturated rings. The van der Waals surface area contributed by atoms with Gasteiger partial charge in [-0.05, 0) is 64.3 Å². The van der Waals surface area contributed by atoms with E-state index in [-0.39, 0.29) is 23.8 Å². The first kappa shape index (κ1) is 27.9. The first-order valence-electron chi connectivity index (χ1n) is 12.8. The molecule has 0 aromatic heterocycles. The third-order valence-electron chi connectivity index (χ3n) is 6.80. The molecule has 7 nitrogen and oxygen atoms in total. The van der Waals surface area contributed by atoms with Crippen LogP contribution in [-0.2, 0) is 10.3 Å². The van der Waals surface area contributed by atoms with E-state index in [9.17, 15) is 14.3 Å². The van der Waals surface area contributed by atoms with Crippen LogP contribution in [0.5, 0.6) is 11.5 Å². The van der Waals surface area contributed by atoms with Gasteiger partial charge in [-0.1, -0.05) is 24.3 Å². The van der Waals surface area contributed by atoms with Gasteiger partial charge in [0.15, 0.2) is 0 Å². The molecule has 3 atom stereocenters. The Bertz CT molecular complexity index is 975. The van der Waals surface area contributed by atoms with E-state index in [1.54, 1.807) is 30.2 Å². The quantitative estimate of drug-likeness (QED) is 0.369. The Kier molecular flexibility index (Phi) is 10.5. The minimum Gasteiger partial charge on any atom is -0.457 e. The van der Waals surface area contributed by atoms with E-state index in [0.717, 1.165) is 25.7 Å². The summed E-state index contributed by atoms with van der Waals surface area (Å²) in [6.45, 7) is 4.34. The Morgan fingerprint density at radius 2 is 2.06 bits per heavy atom. The number of nitrogens with one attached hydrogen (secondary N) is 2. The molecule has 1 aliphatic heterocycles. The molecule has 36 heavy (non-hydrogen) atoms. The number of methoxy groups -OCH3 is 1. The number of likely N-dealkylation sites (N-methyl/N-ethyl adjacent to an activating group) is 1. The van der Waals surface area contributed by atoms with Gasteiger partial charge in [-0.2, -0.15) is 0 Å².